The van der Waals surface area contributed by atoms with Crippen molar-refractivity contribution in [1.29, 1.82) is 0 Å². The summed E-state index contributed by atoms with van der Waals surface area (Å²) in [5.41, 5.74) is 2.19. The molecular weight excluding hydrogens is 387 g/mol. The van der Waals surface area contributed by atoms with E-state index in [2.05, 4.69) is 25.3 Å². The Labute approximate surface area is 172 Å². The molecule has 1 saturated carbocycles. The smallest absolute Gasteiger partial charge is 0.228 e. The summed E-state index contributed by atoms with van der Waals surface area (Å²) < 4.78 is 20.9. The number of imidazole rings is 1. The fourth-order valence-electron chi connectivity index (χ4n) is 4.12. The second kappa shape index (κ2) is 6.94. The van der Waals surface area contributed by atoms with Gasteiger partial charge in [-0.15, -0.1) is 0 Å². The SMILES string of the molecule is COc1nc(NC2CCC(C)(O)CC2)nc2[nH]cc(-c3ccc4ncc(F)n4c3)c12. The number of halogens is 1. The topological polar surface area (TPSA) is 100 Å². The van der Waals surface area contributed by atoms with Gasteiger partial charge in [0.1, 0.15) is 11.3 Å². The zero-order valence-electron chi connectivity index (χ0n) is 16.8. The molecule has 156 valence electrons. The number of pyridine rings is 1. The Morgan fingerprint density at radius 1 is 1.30 bits per heavy atom. The summed E-state index contributed by atoms with van der Waals surface area (Å²) in [6, 6.07) is 3.84. The van der Waals surface area contributed by atoms with Gasteiger partial charge in [-0.05, 0) is 44.7 Å². The van der Waals surface area contributed by atoms with Crippen molar-refractivity contribution in [2.45, 2.75) is 44.2 Å². The van der Waals surface area contributed by atoms with Crippen LogP contribution in [0.1, 0.15) is 32.6 Å². The minimum atomic E-state index is -0.592. The van der Waals surface area contributed by atoms with Crippen molar-refractivity contribution in [3.8, 4) is 17.0 Å². The summed E-state index contributed by atoms with van der Waals surface area (Å²) >= 11 is 0. The summed E-state index contributed by atoms with van der Waals surface area (Å²) in [4.78, 5) is 16.4. The van der Waals surface area contributed by atoms with Crippen LogP contribution >= 0.6 is 0 Å². The predicted octanol–water partition coefficient (Wildman–Crippen LogP) is 3.53. The third-order valence-electron chi connectivity index (χ3n) is 5.86. The first-order valence-electron chi connectivity index (χ1n) is 9.98. The molecule has 30 heavy (non-hydrogen) atoms. The molecule has 0 unspecified atom stereocenters. The number of H-pyrrole nitrogens is 1. The minimum absolute atomic E-state index is 0.202. The molecule has 4 heterocycles. The Hall–Kier alpha value is -3.20. The molecule has 4 aromatic rings. The normalized spacial score (nSPS) is 21.9. The van der Waals surface area contributed by atoms with Gasteiger partial charge in [0, 0.05) is 29.6 Å². The van der Waals surface area contributed by atoms with Gasteiger partial charge < -0.3 is 20.1 Å². The quantitative estimate of drug-likeness (QED) is 0.476. The molecule has 0 amide bonds. The number of nitrogens with one attached hydrogen (secondary N) is 2. The van der Waals surface area contributed by atoms with Gasteiger partial charge in [-0.1, -0.05) is 0 Å². The molecular formula is C21H23FN6O2. The number of ether oxygens (including phenoxy) is 1. The standard InChI is InChI=1S/C21H23FN6O2/c1-21(29)7-5-13(6-8-21)25-20-26-18-17(19(27-20)30-2)14(9-24-18)12-3-4-16-23-10-15(22)28(16)11-12/h3-4,9-11,13,29H,5-8H2,1-2H3,(H2,24,25,26,27). The Morgan fingerprint density at radius 2 is 2.10 bits per heavy atom. The second-order valence-corrected chi connectivity index (χ2v) is 8.12. The van der Waals surface area contributed by atoms with Crippen LogP contribution in [0.15, 0.2) is 30.7 Å². The molecule has 1 aliphatic carbocycles. The maximum atomic E-state index is 14.0. The van der Waals surface area contributed by atoms with E-state index in [1.807, 2.05) is 19.2 Å². The molecule has 0 atom stereocenters. The first-order valence-corrected chi connectivity index (χ1v) is 9.98. The van der Waals surface area contributed by atoms with Crippen molar-refractivity contribution in [2.24, 2.45) is 0 Å². The van der Waals surface area contributed by atoms with Gasteiger partial charge >= 0.3 is 0 Å². The van der Waals surface area contributed by atoms with Gasteiger partial charge in [-0.3, -0.25) is 4.40 Å². The zero-order valence-corrected chi connectivity index (χ0v) is 16.8. The predicted molar refractivity (Wildman–Crippen MR) is 111 cm³/mol. The lowest BCUT2D eigenvalue weighted by atomic mass is 9.84. The van der Waals surface area contributed by atoms with E-state index < -0.39 is 11.5 Å². The van der Waals surface area contributed by atoms with Crippen LogP contribution in [-0.4, -0.2) is 48.2 Å². The van der Waals surface area contributed by atoms with E-state index in [-0.39, 0.29) is 6.04 Å². The molecule has 0 aromatic carbocycles. The number of hydrogen-bond donors (Lipinski definition) is 3. The number of anilines is 1. The number of fused-ring (bicyclic) bond motifs is 2. The van der Waals surface area contributed by atoms with Crippen LogP contribution in [-0.2, 0) is 0 Å². The highest BCUT2D eigenvalue weighted by Crippen LogP contribution is 2.35. The lowest BCUT2D eigenvalue weighted by molar-refractivity contribution is 0.0195. The molecule has 1 fully saturated rings. The van der Waals surface area contributed by atoms with Crippen LogP contribution in [0.5, 0.6) is 5.88 Å². The lowest BCUT2D eigenvalue weighted by Gasteiger charge is -2.33. The van der Waals surface area contributed by atoms with E-state index in [0.717, 1.165) is 42.2 Å². The molecule has 3 N–H and O–H groups in total. The van der Waals surface area contributed by atoms with Crippen LogP contribution in [0, 0.1) is 5.95 Å². The van der Waals surface area contributed by atoms with Crippen molar-refractivity contribution in [3.05, 3.63) is 36.7 Å². The van der Waals surface area contributed by atoms with Gasteiger partial charge in [0.05, 0.1) is 24.3 Å². The molecule has 5 rings (SSSR count). The summed E-state index contributed by atoms with van der Waals surface area (Å²) in [6.45, 7) is 1.88. The largest absolute Gasteiger partial charge is 0.480 e. The maximum absolute atomic E-state index is 14.0. The van der Waals surface area contributed by atoms with Gasteiger partial charge in [-0.2, -0.15) is 14.4 Å². The summed E-state index contributed by atoms with van der Waals surface area (Å²) in [6.07, 6.45) is 7.89. The van der Waals surface area contributed by atoms with Gasteiger partial charge in [0.2, 0.25) is 17.8 Å². The van der Waals surface area contributed by atoms with Crippen molar-refractivity contribution in [1.82, 2.24) is 24.3 Å². The number of methoxy groups -OCH3 is 1. The van der Waals surface area contributed by atoms with Crippen molar-refractivity contribution in [3.63, 3.8) is 0 Å². The maximum Gasteiger partial charge on any atom is 0.228 e. The Kier molecular flexibility index (Phi) is 4.35. The molecule has 9 heteroatoms. The van der Waals surface area contributed by atoms with Crippen molar-refractivity contribution in [2.75, 3.05) is 12.4 Å². The number of rotatable bonds is 4. The monoisotopic (exact) mass is 410 g/mol. The molecule has 0 spiro atoms. The molecule has 0 saturated heterocycles. The van der Waals surface area contributed by atoms with E-state index in [4.69, 9.17) is 4.74 Å². The summed E-state index contributed by atoms with van der Waals surface area (Å²) in [5.74, 6) is 0.496. The highest BCUT2D eigenvalue weighted by Gasteiger charge is 2.29. The van der Waals surface area contributed by atoms with Crippen LogP contribution in [0.4, 0.5) is 10.3 Å². The highest BCUT2D eigenvalue weighted by molar-refractivity contribution is 5.97. The highest BCUT2D eigenvalue weighted by atomic mass is 19.1. The number of hydrogen-bond acceptors (Lipinski definition) is 6. The average Bonchev–Trinajstić information content (AvgIpc) is 3.32. The van der Waals surface area contributed by atoms with Crippen LogP contribution in [0.2, 0.25) is 0 Å². The first kappa shape index (κ1) is 18.8. The molecule has 0 radical (unpaired) electrons. The summed E-state index contributed by atoms with van der Waals surface area (Å²) in [5, 5.41) is 14.2. The van der Waals surface area contributed by atoms with Gasteiger partial charge in [-0.25, -0.2) is 4.98 Å². The van der Waals surface area contributed by atoms with Crippen LogP contribution < -0.4 is 10.1 Å². The van der Waals surface area contributed by atoms with Crippen molar-refractivity contribution < 1.29 is 14.2 Å². The first-order chi connectivity index (χ1) is 14.4. The number of aliphatic hydroxyl groups is 1. The fraction of sp³-hybridized carbons (Fsp3) is 0.381. The molecule has 0 aliphatic heterocycles. The van der Waals surface area contributed by atoms with E-state index in [1.54, 1.807) is 19.4 Å². The van der Waals surface area contributed by atoms with E-state index in [1.165, 1.54) is 10.6 Å². The number of aromatic amines is 1. The van der Waals surface area contributed by atoms with Crippen LogP contribution in [0.3, 0.4) is 0 Å². The third kappa shape index (κ3) is 3.24. The molecule has 1 aliphatic rings. The Balaban J connectivity index is 1.50. The number of aromatic nitrogens is 5. The Bertz CT molecular complexity index is 1220. The van der Waals surface area contributed by atoms with Gasteiger partial charge in [0.15, 0.2) is 0 Å². The van der Waals surface area contributed by atoms with Gasteiger partial charge in [0.25, 0.3) is 0 Å². The minimum Gasteiger partial charge on any atom is -0.480 e. The second-order valence-electron chi connectivity index (χ2n) is 8.12. The Morgan fingerprint density at radius 3 is 2.87 bits per heavy atom. The zero-order chi connectivity index (χ0) is 20.9. The molecule has 0 bridgehead atoms. The summed E-state index contributed by atoms with van der Waals surface area (Å²) in [7, 11) is 1.57. The number of nitrogens with zero attached hydrogens (tertiary/aromatic N) is 4. The average molecular weight is 410 g/mol. The molecule has 4 aromatic heterocycles. The van der Waals surface area contributed by atoms with E-state index in [9.17, 15) is 9.50 Å². The third-order valence-corrected chi connectivity index (χ3v) is 5.86. The van der Waals surface area contributed by atoms with Crippen molar-refractivity contribution >= 4 is 22.6 Å². The molecule has 8 nitrogen and oxygen atoms in total. The van der Waals surface area contributed by atoms with Crippen LogP contribution in [0.25, 0.3) is 27.8 Å². The van der Waals surface area contributed by atoms with E-state index >= 15 is 0 Å². The lowest BCUT2D eigenvalue weighted by Crippen LogP contribution is -2.36. The fourth-order valence-corrected chi connectivity index (χ4v) is 4.12. The van der Waals surface area contributed by atoms with E-state index in [0.29, 0.717) is 23.1 Å².